The third-order valence-corrected chi connectivity index (χ3v) is 7.99. The average Bonchev–Trinajstić information content (AvgIpc) is 3.37. The summed E-state index contributed by atoms with van der Waals surface area (Å²) in [7, 11) is -3.73. The summed E-state index contributed by atoms with van der Waals surface area (Å²) in [5.74, 6) is -0.326. The summed E-state index contributed by atoms with van der Waals surface area (Å²) in [6.45, 7) is 6.11. The third-order valence-electron chi connectivity index (χ3n) is 6.17. The summed E-state index contributed by atoms with van der Waals surface area (Å²) in [6, 6.07) is 13.3. The maximum absolute atomic E-state index is 13.1. The molecule has 182 valence electrons. The van der Waals surface area contributed by atoms with Gasteiger partial charge in [0.1, 0.15) is 0 Å². The first-order valence-corrected chi connectivity index (χ1v) is 13.1. The summed E-state index contributed by atoms with van der Waals surface area (Å²) in [5, 5.41) is 2.83. The molecule has 2 aliphatic rings. The van der Waals surface area contributed by atoms with Gasteiger partial charge in [-0.25, -0.2) is 8.42 Å². The van der Waals surface area contributed by atoms with Gasteiger partial charge in [-0.3, -0.25) is 9.59 Å². The van der Waals surface area contributed by atoms with E-state index in [9.17, 15) is 18.0 Å². The van der Waals surface area contributed by atoms with E-state index in [1.165, 1.54) is 16.4 Å². The Morgan fingerprint density at radius 1 is 0.971 bits per heavy atom. The number of carbonyl (C=O) groups is 2. The minimum Gasteiger partial charge on any atom is -0.373 e. The third kappa shape index (κ3) is 5.48. The van der Waals surface area contributed by atoms with Crippen LogP contribution in [0, 0.1) is 0 Å². The molecule has 1 N–H and O–H groups in total. The Bertz CT molecular complexity index is 1130. The number of morpholine rings is 1. The van der Waals surface area contributed by atoms with Gasteiger partial charge in [0, 0.05) is 43.9 Å². The Balaban J connectivity index is 1.39. The van der Waals surface area contributed by atoms with E-state index >= 15 is 0 Å². The smallest absolute Gasteiger partial charge is 0.253 e. The molecular weight excluding hydrogens is 454 g/mol. The molecule has 8 nitrogen and oxygen atoms in total. The Morgan fingerprint density at radius 2 is 1.62 bits per heavy atom. The molecule has 0 bridgehead atoms. The summed E-state index contributed by atoms with van der Waals surface area (Å²) in [6.07, 6.45) is 1.70. The number of rotatable bonds is 6. The van der Waals surface area contributed by atoms with E-state index in [0.717, 1.165) is 31.5 Å². The maximum atomic E-state index is 13.1. The lowest BCUT2D eigenvalue weighted by atomic mass is 10.1. The van der Waals surface area contributed by atoms with Crippen molar-refractivity contribution in [3.05, 3.63) is 65.2 Å². The van der Waals surface area contributed by atoms with E-state index in [0.29, 0.717) is 5.56 Å². The molecule has 2 amide bonds. The van der Waals surface area contributed by atoms with Crippen LogP contribution in [0.2, 0.25) is 0 Å². The summed E-state index contributed by atoms with van der Waals surface area (Å²) >= 11 is 0. The molecule has 2 saturated heterocycles. The predicted octanol–water partition coefficient (Wildman–Crippen LogP) is 2.65. The van der Waals surface area contributed by atoms with Gasteiger partial charge in [0.05, 0.1) is 17.1 Å². The second kappa shape index (κ2) is 10.2. The van der Waals surface area contributed by atoms with Crippen LogP contribution in [-0.2, 0) is 21.3 Å². The molecule has 0 spiro atoms. The van der Waals surface area contributed by atoms with Crippen molar-refractivity contribution in [2.45, 2.75) is 50.3 Å². The number of hydrogen-bond acceptors (Lipinski definition) is 5. The lowest BCUT2D eigenvalue weighted by Gasteiger charge is -2.34. The summed E-state index contributed by atoms with van der Waals surface area (Å²) in [4.78, 5) is 27.1. The van der Waals surface area contributed by atoms with E-state index < -0.39 is 10.0 Å². The second-order valence-corrected chi connectivity index (χ2v) is 10.9. The van der Waals surface area contributed by atoms with Crippen molar-refractivity contribution in [3.63, 3.8) is 0 Å². The lowest BCUT2D eigenvalue weighted by Crippen LogP contribution is -2.48. The molecule has 9 heteroatoms. The Hall–Kier alpha value is -2.75. The van der Waals surface area contributed by atoms with E-state index in [-0.39, 0.29) is 54.1 Å². The van der Waals surface area contributed by atoms with Gasteiger partial charge in [-0.2, -0.15) is 4.31 Å². The molecular formula is C25H31N3O5S. The topological polar surface area (TPSA) is 96.0 Å². The molecule has 2 aromatic rings. The Kier molecular flexibility index (Phi) is 7.35. The van der Waals surface area contributed by atoms with Crippen LogP contribution in [0.25, 0.3) is 0 Å². The zero-order valence-electron chi connectivity index (χ0n) is 19.6. The summed E-state index contributed by atoms with van der Waals surface area (Å²) < 4.78 is 33.3. The normalized spacial score (nSPS) is 21.4. The quantitative estimate of drug-likeness (QED) is 0.679. The van der Waals surface area contributed by atoms with Crippen LogP contribution in [0.3, 0.4) is 0 Å². The molecule has 2 unspecified atom stereocenters. The largest absolute Gasteiger partial charge is 0.373 e. The van der Waals surface area contributed by atoms with Gasteiger partial charge < -0.3 is 15.0 Å². The number of amides is 2. The highest BCUT2D eigenvalue weighted by Crippen LogP contribution is 2.22. The number of sulfonamides is 1. The highest BCUT2D eigenvalue weighted by atomic mass is 32.2. The Labute approximate surface area is 200 Å². The summed E-state index contributed by atoms with van der Waals surface area (Å²) in [5.41, 5.74) is 1.77. The molecule has 0 aliphatic carbocycles. The first-order chi connectivity index (χ1) is 16.2. The van der Waals surface area contributed by atoms with Gasteiger partial charge in [-0.15, -0.1) is 0 Å². The lowest BCUT2D eigenvalue weighted by molar-refractivity contribution is -0.0440. The molecule has 2 atom stereocenters. The fourth-order valence-corrected chi connectivity index (χ4v) is 6.06. The molecule has 2 heterocycles. The zero-order valence-corrected chi connectivity index (χ0v) is 20.4. The zero-order chi connectivity index (χ0) is 24.3. The predicted molar refractivity (Wildman–Crippen MR) is 128 cm³/mol. The van der Waals surface area contributed by atoms with Gasteiger partial charge in [-0.1, -0.05) is 18.2 Å². The van der Waals surface area contributed by atoms with E-state index in [1.807, 2.05) is 30.9 Å². The van der Waals surface area contributed by atoms with Crippen LogP contribution in [0.15, 0.2) is 53.4 Å². The van der Waals surface area contributed by atoms with Crippen molar-refractivity contribution in [3.8, 4) is 0 Å². The monoisotopic (exact) mass is 485 g/mol. The Morgan fingerprint density at radius 3 is 2.26 bits per heavy atom. The minimum absolute atomic E-state index is 0.0372. The number of carbonyl (C=O) groups excluding carboxylic acids is 2. The number of benzene rings is 2. The van der Waals surface area contributed by atoms with Crippen molar-refractivity contribution in [2.75, 3.05) is 26.2 Å². The van der Waals surface area contributed by atoms with Crippen molar-refractivity contribution >= 4 is 21.8 Å². The molecule has 0 saturated carbocycles. The molecule has 2 aromatic carbocycles. The van der Waals surface area contributed by atoms with E-state index in [1.54, 1.807) is 24.3 Å². The molecule has 4 rings (SSSR count). The SMILES string of the molecule is CC1CN(S(=O)(=O)c2cccc(C(=O)NCc3ccc(C(=O)N4CCCC4)cc3)c2)CC(C)O1. The number of hydrogen-bond donors (Lipinski definition) is 1. The maximum Gasteiger partial charge on any atom is 0.253 e. The van der Waals surface area contributed by atoms with Gasteiger partial charge >= 0.3 is 0 Å². The fraction of sp³-hybridized carbons (Fsp3) is 0.440. The van der Waals surface area contributed by atoms with Gasteiger partial charge in [0.25, 0.3) is 11.8 Å². The highest BCUT2D eigenvalue weighted by molar-refractivity contribution is 7.89. The van der Waals surface area contributed by atoms with Crippen LogP contribution in [0.1, 0.15) is 53.0 Å². The molecule has 2 aliphatic heterocycles. The van der Waals surface area contributed by atoms with Gasteiger partial charge in [0.15, 0.2) is 0 Å². The van der Waals surface area contributed by atoms with E-state index in [4.69, 9.17) is 4.74 Å². The number of likely N-dealkylation sites (tertiary alicyclic amines) is 1. The van der Waals surface area contributed by atoms with Crippen LogP contribution in [-0.4, -0.2) is 67.8 Å². The molecule has 2 fully saturated rings. The van der Waals surface area contributed by atoms with Crippen LogP contribution >= 0.6 is 0 Å². The first-order valence-electron chi connectivity index (χ1n) is 11.7. The number of nitrogens with one attached hydrogen (secondary N) is 1. The standard InChI is InChI=1S/C25H31N3O5S/c1-18-16-28(17-19(2)33-18)34(31,32)23-7-5-6-22(14-23)24(29)26-15-20-8-10-21(11-9-20)25(30)27-12-3-4-13-27/h5-11,14,18-19H,3-4,12-13,15-17H2,1-2H3,(H,26,29). The van der Waals surface area contributed by atoms with Crippen LogP contribution in [0.5, 0.6) is 0 Å². The van der Waals surface area contributed by atoms with Crippen molar-refractivity contribution in [2.24, 2.45) is 0 Å². The minimum atomic E-state index is -3.73. The van der Waals surface area contributed by atoms with Crippen molar-refractivity contribution in [1.82, 2.24) is 14.5 Å². The van der Waals surface area contributed by atoms with E-state index in [2.05, 4.69) is 5.32 Å². The van der Waals surface area contributed by atoms with Crippen LogP contribution < -0.4 is 5.32 Å². The van der Waals surface area contributed by atoms with Gasteiger partial charge in [0.2, 0.25) is 10.0 Å². The number of ether oxygens (including phenoxy) is 1. The number of nitrogens with zero attached hydrogens (tertiary/aromatic N) is 2. The molecule has 0 aromatic heterocycles. The highest BCUT2D eigenvalue weighted by Gasteiger charge is 2.32. The van der Waals surface area contributed by atoms with Gasteiger partial charge in [-0.05, 0) is 62.6 Å². The molecule has 0 radical (unpaired) electrons. The molecule has 34 heavy (non-hydrogen) atoms. The van der Waals surface area contributed by atoms with Crippen molar-refractivity contribution in [1.29, 1.82) is 0 Å². The fourth-order valence-electron chi connectivity index (χ4n) is 4.43. The average molecular weight is 486 g/mol. The van der Waals surface area contributed by atoms with Crippen LogP contribution in [0.4, 0.5) is 0 Å². The second-order valence-electron chi connectivity index (χ2n) is 8.99. The first kappa shape index (κ1) is 24.4. The van der Waals surface area contributed by atoms with Crippen molar-refractivity contribution < 1.29 is 22.7 Å².